The number of methoxy groups -OCH3 is 1. The Kier molecular flexibility index (Phi) is 5.90. The Hall–Kier alpha value is -2.53. The second-order valence-corrected chi connectivity index (χ2v) is 6.30. The molecule has 3 aromatic rings. The van der Waals surface area contributed by atoms with Crippen molar-refractivity contribution in [2.24, 2.45) is 0 Å². The summed E-state index contributed by atoms with van der Waals surface area (Å²) < 4.78 is 11.3. The van der Waals surface area contributed by atoms with E-state index >= 15 is 0 Å². The van der Waals surface area contributed by atoms with E-state index in [2.05, 4.69) is 29.0 Å². The van der Waals surface area contributed by atoms with E-state index in [1.54, 1.807) is 18.9 Å². The predicted molar refractivity (Wildman–Crippen MR) is 100 cm³/mol. The molecule has 1 aromatic heterocycles. The van der Waals surface area contributed by atoms with Gasteiger partial charge in [0.15, 0.2) is 16.7 Å². The standard InChI is InChI=1S/C20H20N2O2S/c1-3-16-13-19(24-18-12-8-7-11-17(18)23-2)22-20(21-16)25-14-15-9-5-4-6-10-15/h4-13H,3,14H2,1-2H3. The molecule has 128 valence electrons. The van der Waals surface area contributed by atoms with Gasteiger partial charge < -0.3 is 9.47 Å². The molecule has 0 amide bonds. The smallest absolute Gasteiger partial charge is 0.223 e. The molecule has 4 nitrogen and oxygen atoms in total. The van der Waals surface area contributed by atoms with E-state index in [0.29, 0.717) is 22.5 Å². The molecule has 0 atom stereocenters. The first-order valence-electron chi connectivity index (χ1n) is 8.14. The van der Waals surface area contributed by atoms with Crippen molar-refractivity contribution in [2.75, 3.05) is 7.11 Å². The Bertz CT molecular complexity index is 825. The minimum Gasteiger partial charge on any atom is -0.493 e. The van der Waals surface area contributed by atoms with E-state index < -0.39 is 0 Å². The average molecular weight is 352 g/mol. The third-order valence-corrected chi connectivity index (χ3v) is 4.51. The maximum atomic E-state index is 5.95. The van der Waals surface area contributed by atoms with Gasteiger partial charge in [0, 0.05) is 17.5 Å². The number of ether oxygens (including phenoxy) is 2. The zero-order valence-electron chi connectivity index (χ0n) is 14.3. The summed E-state index contributed by atoms with van der Waals surface area (Å²) in [5, 5.41) is 0.716. The number of hydrogen-bond donors (Lipinski definition) is 0. The van der Waals surface area contributed by atoms with Gasteiger partial charge in [-0.1, -0.05) is 61.2 Å². The number of hydrogen-bond acceptors (Lipinski definition) is 5. The zero-order valence-corrected chi connectivity index (χ0v) is 15.1. The first-order valence-corrected chi connectivity index (χ1v) is 9.12. The Morgan fingerprint density at radius 3 is 2.36 bits per heavy atom. The summed E-state index contributed by atoms with van der Waals surface area (Å²) in [7, 11) is 1.63. The normalized spacial score (nSPS) is 10.5. The number of aromatic nitrogens is 2. The Balaban J connectivity index is 1.80. The van der Waals surface area contributed by atoms with Gasteiger partial charge in [0.25, 0.3) is 0 Å². The van der Waals surface area contributed by atoms with Crippen LogP contribution in [0.15, 0.2) is 65.8 Å². The molecule has 0 fully saturated rings. The molecule has 0 N–H and O–H groups in total. The number of nitrogens with zero attached hydrogens (tertiary/aromatic N) is 2. The van der Waals surface area contributed by atoms with Crippen molar-refractivity contribution in [1.82, 2.24) is 9.97 Å². The van der Waals surface area contributed by atoms with Crippen LogP contribution in [0.3, 0.4) is 0 Å². The number of rotatable bonds is 7. The van der Waals surface area contributed by atoms with Crippen molar-refractivity contribution in [1.29, 1.82) is 0 Å². The third kappa shape index (κ3) is 4.73. The molecule has 1 heterocycles. The second-order valence-electron chi connectivity index (χ2n) is 5.36. The number of benzene rings is 2. The molecule has 0 saturated carbocycles. The van der Waals surface area contributed by atoms with Gasteiger partial charge >= 0.3 is 0 Å². The molecule has 0 saturated heterocycles. The lowest BCUT2D eigenvalue weighted by Gasteiger charge is -2.11. The summed E-state index contributed by atoms with van der Waals surface area (Å²) in [4.78, 5) is 9.13. The SMILES string of the molecule is CCc1cc(Oc2ccccc2OC)nc(SCc2ccccc2)n1. The lowest BCUT2D eigenvalue weighted by Crippen LogP contribution is -1.98. The molecule has 0 unspecified atom stereocenters. The second kappa shape index (κ2) is 8.53. The van der Waals surface area contributed by atoms with Gasteiger partial charge in [-0.2, -0.15) is 4.98 Å². The van der Waals surface area contributed by atoms with Crippen LogP contribution in [-0.4, -0.2) is 17.1 Å². The summed E-state index contributed by atoms with van der Waals surface area (Å²) in [6.45, 7) is 2.07. The molecule has 0 radical (unpaired) electrons. The fourth-order valence-electron chi connectivity index (χ4n) is 2.29. The molecule has 5 heteroatoms. The summed E-state index contributed by atoms with van der Waals surface area (Å²) in [6.07, 6.45) is 0.823. The highest BCUT2D eigenvalue weighted by molar-refractivity contribution is 7.98. The topological polar surface area (TPSA) is 44.2 Å². The van der Waals surface area contributed by atoms with Crippen LogP contribution in [-0.2, 0) is 12.2 Å². The van der Waals surface area contributed by atoms with Crippen molar-refractivity contribution >= 4 is 11.8 Å². The van der Waals surface area contributed by atoms with E-state index in [1.165, 1.54) is 5.56 Å². The molecular formula is C20H20N2O2S. The van der Waals surface area contributed by atoms with Crippen LogP contribution >= 0.6 is 11.8 Å². The number of aryl methyl sites for hydroxylation is 1. The third-order valence-electron chi connectivity index (χ3n) is 3.59. The van der Waals surface area contributed by atoms with Gasteiger partial charge in [0.05, 0.1) is 7.11 Å². The highest BCUT2D eigenvalue weighted by Crippen LogP contribution is 2.31. The van der Waals surface area contributed by atoms with Gasteiger partial charge in [-0.25, -0.2) is 4.98 Å². The zero-order chi connectivity index (χ0) is 17.5. The fraction of sp³-hybridized carbons (Fsp3) is 0.200. The summed E-state index contributed by atoms with van der Waals surface area (Å²) in [5.41, 5.74) is 2.20. The van der Waals surface area contributed by atoms with Crippen molar-refractivity contribution in [3.8, 4) is 17.4 Å². The Morgan fingerprint density at radius 1 is 0.920 bits per heavy atom. The minimum absolute atomic E-state index is 0.534. The van der Waals surface area contributed by atoms with Crippen LogP contribution in [0, 0.1) is 0 Å². The van der Waals surface area contributed by atoms with E-state index in [9.17, 15) is 0 Å². The molecule has 0 spiro atoms. The maximum Gasteiger partial charge on any atom is 0.223 e. The van der Waals surface area contributed by atoms with Crippen LogP contribution in [0.4, 0.5) is 0 Å². The van der Waals surface area contributed by atoms with E-state index in [4.69, 9.17) is 9.47 Å². The van der Waals surface area contributed by atoms with Crippen molar-refractivity contribution in [3.05, 3.63) is 71.9 Å². The van der Waals surface area contributed by atoms with E-state index in [0.717, 1.165) is 17.9 Å². The van der Waals surface area contributed by atoms with Crippen LogP contribution in [0.1, 0.15) is 18.2 Å². The fourth-order valence-corrected chi connectivity index (χ4v) is 3.11. The highest BCUT2D eigenvalue weighted by atomic mass is 32.2. The molecule has 3 rings (SSSR count). The largest absolute Gasteiger partial charge is 0.493 e. The minimum atomic E-state index is 0.534. The van der Waals surface area contributed by atoms with Gasteiger partial charge in [0.1, 0.15) is 0 Å². The molecule has 0 aliphatic rings. The number of para-hydroxylation sites is 2. The lowest BCUT2D eigenvalue weighted by atomic mass is 10.2. The van der Waals surface area contributed by atoms with Gasteiger partial charge in [-0.15, -0.1) is 0 Å². The van der Waals surface area contributed by atoms with Crippen LogP contribution < -0.4 is 9.47 Å². The van der Waals surface area contributed by atoms with E-state index in [-0.39, 0.29) is 0 Å². The summed E-state index contributed by atoms with van der Waals surface area (Å²) >= 11 is 1.60. The van der Waals surface area contributed by atoms with Gasteiger partial charge in [-0.05, 0) is 24.1 Å². The summed E-state index contributed by atoms with van der Waals surface area (Å²) in [5.74, 6) is 2.68. The molecule has 0 aliphatic carbocycles. The van der Waals surface area contributed by atoms with Gasteiger partial charge in [-0.3, -0.25) is 0 Å². The first-order chi connectivity index (χ1) is 12.3. The van der Waals surface area contributed by atoms with Crippen molar-refractivity contribution in [2.45, 2.75) is 24.3 Å². The van der Waals surface area contributed by atoms with Crippen molar-refractivity contribution < 1.29 is 9.47 Å². The molecule has 0 aliphatic heterocycles. The predicted octanol–water partition coefficient (Wildman–Crippen LogP) is 5.13. The Morgan fingerprint density at radius 2 is 1.64 bits per heavy atom. The molecular weight excluding hydrogens is 332 g/mol. The quantitative estimate of drug-likeness (QED) is 0.435. The first kappa shape index (κ1) is 17.3. The van der Waals surface area contributed by atoms with Crippen LogP contribution in [0.5, 0.6) is 17.4 Å². The number of thioether (sulfide) groups is 1. The average Bonchev–Trinajstić information content (AvgIpc) is 2.67. The highest BCUT2D eigenvalue weighted by Gasteiger charge is 2.10. The van der Waals surface area contributed by atoms with Crippen LogP contribution in [0.25, 0.3) is 0 Å². The molecule has 2 aromatic carbocycles. The van der Waals surface area contributed by atoms with Crippen LogP contribution in [0.2, 0.25) is 0 Å². The maximum absolute atomic E-state index is 5.95. The van der Waals surface area contributed by atoms with E-state index in [1.807, 2.05) is 48.5 Å². The summed E-state index contributed by atoms with van der Waals surface area (Å²) in [6, 6.07) is 19.7. The lowest BCUT2D eigenvalue weighted by molar-refractivity contribution is 0.372. The molecule has 25 heavy (non-hydrogen) atoms. The Labute approximate surface area is 152 Å². The molecule has 0 bridgehead atoms. The van der Waals surface area contributed by atoms with Crippen molar-refractivity contribution in [3.63, 3.8) is 0 Å². The monoisotopic (exact) mass is 352 g/mol. The van der Waals surface area contributed by atoms with Gasteiger partial charge in [0.2, 0.25) is 5.88 Å².